The van der Waals surface area contributed by atoms with Gasteiger partial charge in [-0.3, -0.25) is 9.89 Å². The zero-order valence-electron chi connectivity index (χ0n) is 16.8. The summed E-state index contributed by atoms with van der Waals surface area (Å²) in [5.41, 5.74) is 4.93. The first kappa shape index (κ1) is 20.5. The van der Waals surface area contributed by atoms with E-state index in [0.717, 1.165) is 34.6 Å². The van der Waals surface area contributed by atoms with Gasteiger partial charge in [-0.05, 0) is 49.9 Å². The lowest BCUT2D eigenvalue weighted by Gasteiger charge is -2.18. The van der Waals surface area contributed by atoms with Crippen LogP contribution in [0.5, 0.6) is 0 Å². The van der Waals surface area contributed by atoms with Gasteiger partial charge in [-0.15, -0.1) is 0 Å². The number of likely N-dealkylation sites (N-methyl/N-ethyl adjacent to an activating group) is 1. The van der Waals surface area contributed by atoms with E-state index in [1.54, 1.807) is 30.9 Å². The first-order valence-corrected chi connectivity index (χ1v) is 9.09. The molecule has 1 aromatic carbocycles. The van der Waals surface area contributed by atoms with Crippen LogP contribution < -0.4 is 5.32 Å². The number of hydrogen-bond acceptors (Lipinski definition) is 3. The highest BCUT2D eigenvalue weighted by Gasteiger charge is 2.12. The lowest BCUT2D eigenvalue weighted by molar-refractivity contribution is -0.128. The summed E-state index contributed by atoms with van der Waals surface area (Å²) in [6, 6.07) is 7.47. The minimum absolute atomic E-state index is 0.0917. The molecule has 0 aliphatic heterocycles. The number of aromatic nitrogens is 2. The molecule has 0 bridgehead atoms. The molecule has 0 saturated heterocycles. The number of rotatable bonds is 7. The second kappa shape index (κ2) is 9.21. The summed E-state index contributed by atoms with van der Waals surface area (Å²) in [5.74, 6) is 0.0917. The van der Waals surface area contributed by atoms with Crippen molar-refractivity contribution in [2.75, 3.05) is 33.0 Å². The third-order valence-corrected chi connectivity index (χ3v) is 4.63. The molecule has 0 spiro atoms. The molecule has 0 saturated carbocycles. The molecular formula is C20H29N5O2. The summed E-state index contributed by atoms with van der Waals surface area (Å²) in [4.78, 5) is 27.4. The van der Waals surface area contributed by atoms with Crippen molar-refractivity contribution in [3.8, 4) is 0 Å². The van der Waals surface area contributed by atoms with Gasteiger partial charge in [0.1, 0.15) is 0 Å². The maximum absolute atomic E-state index is 12.4. The molecule has 2 N–H and O–H groups in total. The Morgan fingerprint density at radius 2 is 1.89 bits per heavy atom. The van der Waals surface area contributed by atoms with Gasteiger partial charge in [0.25, 0.3) is 0 Å². The quantitative estimate of drug-likeness (QED) is 0.785. The highest BCUT2D eigenvalue weighted by Crippen LogP contribution is 2.14. The summed E-state index contributed by atoms with van der Waals surface area (Å²) >= 11 is 0. The topological polar surface area (TPSA) is 81.3 Å². The number of aromatic amines is 1. The Morgan fingerprint density at radius 1 is 1.15 bits per heavy atom. The van der Waals surface area contributed by atoms with Crippen molar-refractivity contribution < 1.29 is 9.59 Å². The van der Waals surface area contributed by atoms with E-state index < -0.39 is 0 Å². The molecule has 27 heavy (non-hydrogen) atoms. The number of nitrogens with zero attached hydrogens (tertiary/aromatic N) is 3. The minimum atomic E-state index is -0.157. The molecule has 7 heteroatoms. The van der Waals surface area contributed by atoms with E-state index in [4.69, 9.17) is 0 Å². The number of anilines is 1. The highest BCUT2D eigenvalue weighted by atomic mass is 16.2. The monoisotopic (exact) mass is 371 g/mol. The number of benzene rings is 1. The Bertz CT molecular complexity index is 778. The molecule has 3 amide bonds. The van der Waals surface area contributed by atoms with Crippen molar-refractivity contribution >= 4 is 17.6 Å². The number of carbonyl (C=O) groups is 2. The van der Waals surface area contributed by atoms with Crippen LogP contribution in [0.3, 0.4) is 0 Å². The van der Waals surface area contributed by atoms with Crippen LogP contribution in [0.4, 0.5) is 10.5 Å². The number of nitrogens with one attached hydrogen (secondary N) is 2. The van der Waals surface area contributed by atoms with Crippen LogP contribution in [0, 0.1) is 13.8 Å². The predicted molar refractivity (Wildman–Crippen MR) is 107 cm³/mol. The van der Waals surface area contributed by atoms with Crippen molar-refractivity contribution in [2.45, 2.75) is 33.1 Å². The smallest absolute Gasteiger partial charge is 0.321 e. The third kappa shape index (κ3) is 5.84. The van der Waals surface area contributed by atoms with E-state index in [2.05, 4.69) is 15.5 Å². The summed E-state index contributed by atoms with van der Waals surface area (Å²) in [6.45, 7) is 4.55. The molecule has 0 aliphatic carbocycles. The number of urea groups is 1. The van der Waals surface area contributed by atoms with Gasteiger partial charge in [-0.2, -0.15) is 5.10 Å². The minimum Gasteiger partial charge on any atom is -0.349 e. The fraction of sp³-hybridized carbons (Fsp3) is 0.450. The van der Waals surface area contributed by atoms with Gasteiger partial charge in [0.15, 0.2) is 0 Å². The van der Waals surface area contributed by atoms with Gasteiger partial charge in [-0.1, -0.05) is 12.1 Å². The average molecular weight is 371 g/mol. The van der Waals surface area contributed by atoms with Crippen molar-refractivity contribution in [3.63, 3.8) is 0 Å². The van der Waals surface area contributed by atoms with E-state index in [9.17, 15) is 9.59 Å². The van der Waals surface area contributed by atoms with Crippen LogP contribution >= 0.6 is 0 Å². The zero-order valence-corrected chi connectivity index (χ0v) is 16.8. The van der Waals surface area contributed by atoms with Crippen molar-refractivity contribution in [1.29, 1.82) is 0 Å². The molecule has 1 heterocycles. The van der Waals surface area contributed by atoms with Crippen LogP contribution in [0.25, 0.3) is 0 Å². The molecule has 0 radical (unpaired) electrons. The SMILES string of the molecule is Cc1n[nH]c(C)c1CCN(C)C(=O)Nc1cccc(CCC(=O)N(C)C)c1. The van der Waals surface area contributed by atoms with Crippen molar-refractivity contribution in [2.24, 2.45) is 0 Å². The molecule has 2 rings (SSSR count). The zero-order chi connectivity index (χ0) is 20.0. The maximum Gasteiger partial charge on any atom is 0.321 e. The molecule has 2 aromatic rings. The van der Waals surface area contributed by atoms with Gasteiger partial charge in [-0.25, -0.2) is 4.79 Å². The van der Waals surface area contributed by atoms with Crippen molar-refractivity contribution in [3.05, 3.63) is 46.8 Å². The van der Waals surface area contributed by atoms with E-state index in [-0.39, 0.29) is 11.9 Å². The number of carbonyl (C=O) groups excluding carboxylic acids is 2. The van der Waals surface area contributed by atoms with Crippen LogP contribution in [0.2, 0.25) is 0 Å². The standard InChI is InChI=1S/C20H29N5O2/c1-14-18(15(2)23-22-14)11-12-25(5)20(27)21-17-8-6-7-16(13-17)9-10-19(26)24(3)4/h6-8,13H,9-12H2,1-5H3,(H,21,27)(H,22,23). The molecule has 0 atom stereocenters. The Labute approximate surface area is 160 Å². The lowest BCUT2D eigenvalue weighted by atomic mass is 10.1. The van der Waals surface area contributed by atoms with Gasteiger partial charge < -0.3 is 15.1 Å². The van der Waals surface area contributed by atoms with E-state index >= 15 is 0 Å². The Balaban J connectivity index is 1.89. The lowest BCUT2D eigenvalue weighted by Crippen LogP contribution is -2.33. The molecule has 7 nitrogen and oxygen atoms in total. The fourth-order valence-electron chi connectivity index (χ4n) is 2.82. The summed E-state index contributed by atoms with van der Waals surface area (Å²) < 4.78 is 0. The number of hydrogen-bond donors (Lipinski definition) is 2. The normalized spacial score (nSPS) is 10.6. The maximum atomic E-state index is 12.4. The second-order valence-corrected chi connectivity index (χ2v) is 7.00. The Kier molecular flexibility index (Phi) is 6.98. The van der Waals surface area contributed by atoms with E-state index in [1.807, 2.05) is 38.1 Å². The fourth-order valence-corrected chi connectivity index (χ4v) is 2.82. The third-order valence-electron chi connectivity index (χ3n) is 4.63. The van der Waals surface area contributed by atoms with Crippen LogP contribution in [0.1, 0.15) is 28.9 Å². The summed E-state index contributed by atoms with van der Waals surface area (Å²) in [7, 11) is 5.28. The van der Waals surface area contributed by atoms with Crippen molar-refractivity contribution in [1.82, 2.24) is 20.0 Å². The average Bonchev–Trinajstić information content (AvgIpc) is 2.95. The van der Waals surface area contributed by atoms with Crippen LogP contribution in [-0.4, -0.2) is 59.6 Å². The van der Waals surface area contributed by atoms with E-state index in [1.165, 1.54) is 0 Å². The number of amides is 3. The van der Waals surface area contributed by atoms with Gasteiger partial charge >= 0.3 is 6.03 Å². The Hall–Kier alpha value is -2.83. The summed E-state index contributed by atoms with van der Waals surface area (Å²) in [5, 5.41) is 10.1. The highest BCUT2D eigenvalue weighted by molar-refractivity contribution is 5.89. The first-order chi connectivity index (χ1) is 12.8. The number of aryl methyl sites for hydroxylation is 3. The Morgan fingerprint density at radius 3 is 2.52 bits per heavy atom. The predicted octanol–water partition coefficient (Wildman–Crippen LogP) is 2.75. The molecule has 146 valence electrons. The van der Waals surface area contributed by atoms with Crippen LogP contribution in [-0.2, 0) is 17.6 Å². The second-order valence-electron chi connectivity index (χ2n) is 7.00. The number of H-pyrrole nitrogens is 1. The molecule has 0 aliphatic rings. The molecular weight excluding hydrogens is 342 g/mol. The van der Waals surface area contributed by atoms with Gasteiger partial charge in [0.05, 0.1) is 5.69 Å². The van der Waals surface area contributed by atoms with E-state index in [0.29, 0.717) is 19.4 Å². The molecule has 1 aromatic heterocycles. The van der Waals surface area contributed by atoms with Crippen LogP contribution in [0.15, 0.2) is 24.3 Å². The van der Waals surface area contributed by atoms with Gasteiger partial charge in [0.2, 0.25) is 5.91 Å². The summed E-state index contributed by atoms with van der Waals surface area (Å²) in [6.07, 6.45) is 1.86. The molecule has 0 fully saturated rings. The first-order valence-electron chi connectivity index (χ1n) is 9.09. The van der Waals surface area contributed by atoms with Gasteiger partial charge in [0, 0.05) is 45.5 Å². The largest absolute Gasteiger partial charge is 0.349 e. The molecule has 0 unspecified atom stereocenters.